The van der Waals surface area contributed by atoms with Gasteiger partial charge in [-0.1, -0.05) is 0 Å². The molecule has 0 atom stereocenters. The number of thioether (sulfide) groups is 1. The Balaban J connectivity index is 0.000000182. The molecule has 0 radical (unpaired) electrons. The van der Waals surface area contributed by atoms with Gasteiger partial charge in [-0.15, -0.1) is 11.8 Å². The molecule has 46 heavy (non-hydrogen) atoms. The number of hydrogen-bond acceptors (Lipinski definition) is 11. The minimum absolute atomic E-state index is 0.00689. The normalized spacial score (nSPS) is 11.8. The largest absolute Gasteiger partial charge is 0.385 e. The Kier molecular flexibility index (Phi) is 10.5. The summed E-state index contributed by atoms with van der Waals surface area (Å²) < 4.78 is 41.8. The molecule has 6 aromatic rings. The van der Waals surface area contributed by atoms with Crippen molar-refractivity contribution in [1.29, 1.82) is 0 Å². The monoisotopic (exact) mass is 666 g/mol. The number of hydrogen-bond donors (Lipinski definition) is 0. The van der Waals surface area contributed by atoms with Crippen LogP contribution < -0.4 is 0 Å². The predicted molar refractivity (Wildman–Crippen MR) is 176 cm³/mol. The lowest BCUT2D eigenvalue weighted by atomic mass is 10.2. The molecular formula is C30H38N10O4S2. The van der Waals surface area contributed by atoms with E-state index in [2.05, 4.69) is 35.7 Å². The number of sulfone groups is 1. The molecule has 0 aliphatic carbocycles. The molecule has 6 heterocycles. The van der Waals surface area contributed by atoms with Crippen LogP contribution in [0.25, 0.3) is 33.8 Å². The van der Waals surface area contributed by atoms with Gasteiger partial charge in [-0.05, 0) is 31.9 Å². The molecule has 16 heteroatoms. The molecule has 14 nitrogen and oxygen atoms in total. The standard InChI is InChI=1S/C15H19N5O3S.C15H19N5OS/c1-19-9-11(7-17-19)13-8-16-14-15(24(3,21)22)18-12(10-20(13)14)5-4-6-23-2;1-19-9-11(7-17-19)13-8-16-14-15(22-3)18-12(10-20(13)14)5-4-6-21-2/h7-10H,4-6H2,1-3H3;7-10H,4-6H2,1-3H3. The first kappa shape index (κ1) is 33.2. The summed E-state index contributed by atoms with van der Waals surface area (Å²) in [6, 6.07) is 0. The highest BCUT2D eigenvalue weighted by molar-refractivity contribution is 7.98. The second-order valence-electron chi connectivity index (χ2n) is 10.7. The van der Waals surface area contributed by atoms with Crippen LogP contribution in [0.1, 0.15) is 24.2 Å². The fraction of sp³-hybridized carbons (Fsp3) is 0.400. The first-order valence-corrected chi connectivity index (χ1v) is 17.7. The fourth-order valence-corrected chi connectivity index (χ4v) is 6.28. The van der Waals surface area contributed by atoms with Crippen LogP contribution in [0, 0.1) is 0 Å². The topological polar surface area (TPSA) is 149 Å². The third-order valence-electron chi connectivity index (χ3n) is 7.13. The lowest BCUT2D eigenvalue weighted by Crippen LogP contribution is -2.08. The molecule has 244 valence electrons. The summed E-state index contributed by atoms with van der Waals surface area (Å²) in [7, 11) is 3.60. The van der Waals surface area contributed by atoms with Crippen LogP contribution in [0.3, 0.4) is 0 Å². The lowest BCUT2D eigenvalue weighted by molar-refractivity contribution is 0.195. The van der Waals surface area contributed by atoms with E-state index in [9.17, 15) is 8.42 Å². The van der Waals surface area contributed by atoms with Crippen molar-refractivity contribution in [3.8, 4) is 22.5 Å². The van der Waals surface area contributed by atoms with Gasteiger partial charge in [0.15, 0.2) is 26.2 Å². The third-order valence-corrected chi connectivity index (χ3v) is 8.77. The summed E-state index contributed by atoms with van der Waals surface area (Å²) >= 11 is 1.62. The molecule has 0 spiro atoms. The number of aromatic nitrogens is 10. The van der Waals surface area contributed by atoms with Crippen LogP contribution in [0.15, 0.2) is 59.6 Å². The highest BCUT2D eigenvalue weighted by Gasteiger charge is 2.20. The van der Waals surface area contributed by atoms with Crippen molar-refractivity contribution in [2.45, 2.75) is 35.7 Å². The molecule has 0 aliphatic heterocycles. The molecule has 0 fully saturated rings. The van der Waals surface area contributed by atoms with E-state index in [4.69, 9.17) is 14.5 Å². The zero-order valence-electron chi connectivity index (χ0n) is 26.8. The summed E-state index contributed by atoms with van der Waals surface area (Å²) in [4.78, 5) is 17.8. The van der Waals surface area contributed by atoms with Crippen molar-refractivity contribution < 1.29 is 17.9 Å². The second-order valence-corrected chi connectivity index (χ2v) is 13.4. The van der Waals surface area contributed by atoms with Gasteiger partial charge in [-0.2, -0.15) is 10.2 Å². The van der Waals surface area contributed by atoms with Gasteiger partial charge >= 0.3 is 0 Å². The van der Waals surface area contributed by atoms with Crippen LogP contribution in [0.5, 0.6) is 0 Å². The smallest absolute Gasteiger partial charge is 0.198 e. The summed E-state index contributed by atoms with van der Waals surface area (Å²) in [6.45, 7) is 1.33. The summed E-state index contributed by atoms with van der Waals surface area (Å²) in [5.41, 5.74) is 6.68. The van der Waals surface area contributed by atoms with Crippen molar-refractivity contribution in [2.75, 3.05) is 39.9 Å². The van der Waals surface area contributed by atoms with Gasteiger partial charge in [0, 0.05) is 83.7 Å². The van der Waals surface area contributed by atoms with E-state index in [0.29, 0.717) is 24.4 Å². The highest BCUT2D eigenvalue weighted by Crippen LogP contribution is 2.26. The van der Waals surface area contributed by atoms with E-state index in [0.717, 1.165) is 71.0 Å². The molecule has 0 saturated heterocycles. The average molecular weight is 667 g/mol. The number of ether oxygens (including phenoxy) is 2. The van der Waals surface area contributed by atoms with Crippen LogP contribution in [-0.4, -0.2) is 96.7 Å². The Morgan fingerprint density at radius 2 is 1.24 bits per heavy atom. The van der Waals surface area contributed by atoms with Gasteiger partial charge in [0.2, 0.25) is 0 Å². The van der Waals surface area contributed by atoms with Crippen molar-refractivity contribution in [2.24, 2.45) is 14.1 Å². The van der Waals surface area contributed by atoms with Crippen LogP contribution in [0.4, 0.5) is 0 Å². The first-order chi connectivity index (χ1) is 22.1. The Morgan fingerprint density at radius 3 is 1.70 bits per heavy atom. The number of methoxy groups -OCH3 is 2. The van der Waals surface area contributed by atoms with E-state index in [1.54, 1.807) is 52.1 Å². The fourth-order valence-electron chi connectivity index (χ4n) is 4.97. The highest BCUT2D eigenvalue weighted by atomic mass is 32.2. The van der Waals surface area contributed by atoms with E-state index in [1.807, 2.05) is 51.3 Å². The molecule has 0 unspecified atom stereocenters. The molecule has 0 saturated carbocycles. The van der Waals surface area contributed by atoms with Crippen molar-refractivity contribution in [1.82, 2.24) is 48.3 Å². The molecule has 0 bridgehead atoms. The average Bonchev–Trinajstić information content (AvgIpc) is 3.83. The Hall–Kier alpha value is -4.12. The van der Waals surface area contributed by atoms with Gasteiger partial charge in [-0.25, -0.2) is 28.4 Å². The first-order valence-electron chi connectivity index (χ1n) is 14.6. The maximum absolute atomic E-state index is 12.1. The van der Waals surface area contributed by atoms with Gasteiger partial charge in [0.05, 0.1) is 47.6 Å². The SMILES string of the molecule is COCCCc1cn2c(-c3cnn(C)c3)cnc2c(S(C)(=O)=O)n1.COCCCc1cn2c(-c3cnn(C)c3)cnc2c(SC)n1. The van der Waals surface area contributed by atoms with Crippen molar-refractivity contribution in [3.63, 3.8) is 0 Å². The molecule has 0 amide bonds. The van der Waals surface area contributed by atoms with Gasteiger partial charge in [-0.3, -0.25) is 18.2 Å². The minimum Gasteiger partial charge on any atom is -0.385 e. The van der Waals surface area contributed by atoms with E-state index in [-0.39, 0.29) is 5.03 Å². The second kappa shape index (κ2) is 14.5. The molecule has 0 aliphatic rings. The van der Waals surface area contributed by atoms with E-state index in [1.165, 1.54) is 0 Å². The molecule has 6 aromatic heterocycles. The van der Waals surface area contributed by atoms with Crippen LogP contribution in [-0.2, 0) is 46.2 Å². The maximum atomic E-state index is 12.1. The zero-order chi connectivity index (χ0) is 32.8. The Morgan fingerprint density at radius 1 is 0.739 bits per heavy atom. The molecule has 0 aromatic carbocycles. The van der Waals surface area contributed by atoms with Gasteiger partial charge in [0.25, 0.3) is 0 Å². The van der Waals surface area contributed by atoms with E-state index >= 15 is 0 Å². The van der Waals surface area contributed by atoms with Gasteiger partial charge in [0.1, 0.15) is 5.03 Å². The molecule has 6 rings (SSSR count). The summed E-state index contributed by atoms with van der Waals surface area (Å²) in [6.07, 6.45) is 21.2. The number of aryl methyl sites for hydroxylation is 4. The van der Waals surface area contributed by atoms with Crippen molar-refractivity contribution in [3.05, 3.63) is 61.0 Å². The Bertz CT molecular complexity index is 2050. The lowest BCUT2D eigenvalue weighted by Gasteiger charge is -2.07. The van der Waals surface area contributed by atoms with Crippen LogP contribution >= 0.6 is 11.8 Å². The van der Waals surface area contributed by atoms with Gasteiger partial charge < -0.3 is 9.47 Å². The number of nitrogens with zero attached hydrogens (tertiary/aromatic N) is 10. The number of fused-ring (bicyclic) bond motifs is 2. The quantitative estimate of drug-likeness (QED) is 0.139. The summed E-state index contributed by atoms with van der Waals surface area (Å²) in [5.74, 6) is 0. The predicted octanol–water partition coefficient (Wildman–Crippen LogP) is 3.54. The van der Waals surface area contributed by atoms with E-state index < -0.39 is 9.84 Å². The molecule has 0 N–H and O–H groups in total. The minimum atomic E-state index is -3.49. The van der Waals surface area contributed by atoms with Crippen LogP contribution in [0.2, 0.25) is 0 Å². The Labute approximate surface area is 271 Å². The number of imidazole rings is 2. The number of rotatable bonds is 12. The third kappa shape index (κ3) is 7.46. The zero-order valence-corrected chi connectivity index (χ0v) is 28.4. The molecular weight excluding hydrogens is 629 g/mol. The summed E-state index contributed by atoms with van der Waals surface area (Å²) in [5, 5.41) is 9.34. The maximum Gasteiger partial charge on any atom is 0.198 e. The van der Waals surface area contributed by atoms with Crippen molar-refractivity contribution >= 4 is 32.9 Å².